The molecule has 0 saturated heterocycles. The van der Waals surface area contributed by atoms with E-state index in [1.165, 1.54) is 24.4 Å². The lowest BCUT2D eigenvalue weighted by molar-refractivity contribution is 0.0525. The van der Waals surface area contributed by atoms with Crippen molar-refractivity contribution in [3.8, 4) is 11.6 Å². The molecule has 0 radical (unpaired) electrons. The fourth-order valence-corrected chi connectivity index (χ4v) is 3.53. The molecule has 8 heteroatoms. The number of rotatable bonds is 7. The summed E-state index contributed by atoms with van der Waals surface area (Å²) in [6.45, 7) is 3.87. The number of benzene rings is 2. The van der Waals surface area contributed by atoms with Crippen LogP contribution < -0.4 is 9.46 Å². The van der Waals surface area contributed by atoms with Gasteiger partial charge in [0.05, 0.1) is 22.8 Å². The van der Waals surface area contributed by atoms with Crippen molar-refractivity contribution in [3.63, 3.8) is 0 Å². The predicted molar refractivity (Wildman–Crippen MR) is 109 cm³/mol. The van der Waals surface area contributed by atoms with Gasteiger partial charge in [0, 0.05) is 18.3 Å². The summed E-state index contributed by atoms with van der Waals surface area (Å²) in [6, 6.07) is 16.0. The molecule has 2 aromatic carbocycles. The van der Waals surface area contributed by atoms with E-state index in [0.29, 0.717) is 17.0 Å². The second kappa shape index (κ2) is 8.74. The molecule has 0 saturated carbocycles. The van der Waals surface area contributed by atoms with Gasteiger partial charge in [0.2, 0.25) is 5.88 Å². The largest absolute Gasteiger partial charge is 0.462 e. The maximum absolute atomic E-state index is 12.5. The van der Waals surface area contributed by atoms with Crippen LogP contribution in [0.2, 0.25) is 0 Å². The summed E-state index contributed by atoms with van der Waals surface area (Å²) in [5, 5.41) is 0. The lowest BCUT2D eigenvalue weighted by Crippen LogP contribution is -2.12. The lowest BCUT2D eigenvalue weighted by Gasteiger charge is -2.11. The average molecular weight is 412 g/mol. The first-order valence-electron chi connectivity index (χ1n) is 8.88. The van der Waals surface area contributed by atoms with E-state index < -0.39 is 16.0 Å². The third-order valence-corrected chi connectivity index (χ3v) is 5.28. The minimum atomic E-state index is -3.73. The van der Waals surface area contributed by atoms with Crippen molar-refractivity contribution in [1.82, 2.24) is 4.98 Å². The van der Waals surface area contributed by atoms with Gasteiger partial charge >= 0.3 is 5.97 Å². The number of hydrogen-bond donors (Lipinski definition) is 1. The summed E-state index contributed by atoms with van der Waals surface area (Å²) in [4.78, 5) is 16.1. The van der Waals surface area contributed by atoms with Crippen molar-refractivity contribution in [2.24, 2.45) is 0 Å². The number of aromatic nitrogens is 1. The molecule has 0 unspecified atom stereocenters. The van der Waals surface area contributed by atoms with Gasteiger partial charge in [0.25, 0.3) is 10.0 Å². The Morgan fingerprint density at radius 2 is 1.83 bits per heavy atom. The van der Waals surface area contributed by atoms with Crippen LogP contribution in [-0.4, -0.2) is 26.0 Å². The number of aryl methyl sites for hydroxylation is 1. The maximum atomic E-state index is 12.5. The van der Waals surface area contributed by atoms with Crippen molar-refractivity contribution < 1.29 is 22.7 Å². The van der Waals surface area contributed by atoms with E-state index in [1.54, 1.807) is 49.4 Å². The van der Waals surface area contributed by atoms with Crippen molar-refractivity contribution in [2.45, 2.75) is 18.7 Å². The molecule has 0 fully saturated rings. The fraction of sp³-hybridized carbons (Fsp3) is 0.143. The molecular formula is C21H20N2O5S. The third kappa shape index (κ3) is 5.32. The van der Waals surface area contributed by atoms with Crippen LogP contribution >= 0.6 is 0 Å². The van der Waals surface area contributed by atoms with Gasteiger partial charge in [0.1, 0.15) is 5.75 Å². The zero-order valence-corrected chi connectivity index (χ0v) is 16.8. The Balaban J connectivity index is 1.77. The molecule has 0 bridgehead atoms. The van der Waals surface area contributed by atoms with Gasteiger partial charge in [-0.05, 0) is 44.2 Å². The third-order valence-electron chi connectivity index (χ3n) is 3.89. The Morgan fingerprint density at radius 3 is 2.55 bits per heavy atom. The lowest BCUT2D eigenvalue weighted by atomic mass is 10.2. The number of sulfonamides is 1. The van der Waals surface area contributed by atoms with Crippen molar-refractivity contribution in [2.75, 3.05) is 11.3 Å². The normalized spacial score (nSPS) is 11.0. The van der Waals surface area contributed by atoms with Crippen LogP contribution in [0.5, 0.6) is 11.6 Å². The average Bonchev–Trinajstić information content (AvgIpc) is 2.69. The maximum Gasteiger partial charge on any atom is 0.338 e. The van der Waals surface area contributed by atoms with Gasteiger partial charge < -0.3 is 9.47 Å². The quantitative estimate of drug-likeness (QED) is 0.586. The van der Waals surface area contributed by atoms with Crippen molar-refractivity contribution in [1.29, 1.82) is 0 Å². The predicted octanol–water partition coefficient (Wildman–Crippen LogP) is 4.16. The number of carbonyl (C=O) groups is 1. The van der Waals surface area contributed by atoms with Gasteiger partial charge in [0.15, 0.2) is 0 Å². The van der Waals surface area contributed by atoms with Gasteiger partial charge in [-0.15, -0.1) is 0 Å². The topological polar surface area (TPSA) is 94.6 Å². The SMILES string of the molecule is CCOC(=O)c1ccnc(Oc2cccc(NS(=O)(=O)c3ccc(C)cc3)c2)c1. The second-order valence-electron chi connectivity index (χ2n) is 6.15. The molecule has 29 heavy (non-hydrogen) atoms. The van der Waals surface area contributed by atoms with Crippen molar-refractivity contribution in [3.05, 3.63) is 78.0 Å². The standard InChI is InChI=1S/C21H20N2O5S/c1-3-27-21(24)16-11-12-22-20(13-16)28-18-6-4-5-17(14-18)23-29(25,26)19-9-7-15(2)8-10-19/h4-14,23H,3H2,1-2H3. The van der Waals surface area contributed by atoms with E-state index in [-0.39, 0.29) is 17.4 Å². The van der Waals surface area contributed by atoms with E-state index in [4.69, 9.17) is 9.47 Å². The first-order valence-corrected chi connectivity index (χ1v) is 10.4. The molecule has 0 aliphatic rings. The van der Waals surface area contributed by atoms with Crippen LogP contribution in [0.25, 0.3) is 0 Å². The van der Waals surface area contributed by atoms with Gasteiger partial charge in [-0.3, -0.25) is 4.72 Å². The minimum absolute atomic E-state index is 0.165. The molecule has 1 heterocycles. The molecule has 0 atom stereocenters. The Morgan fingerprint density at radius 1 is 1.07 bits per heavy atom. The van der Waals surface area contributed by atoms with Crippen LogP contribution in [0.1, 0.15) is 22.8 Å². The highest BCUT2D eigenvalue weighted by atomic mass is 32.2. The van der Waals surface area contributed by atoms with Crippen LogP contribution in [0.4, 0.5) is 5.69 Å². The Bertz CT molecular complexity index is 1110. The first kappa shape index (κ1) is 20.3. The summed E-state index contributed by atoms with van der Waals surface area (Å²) >= 11 is 0. The molecule has 150 valence electrons. The molecule has 1 N–H and O–H groups in total. The van der Waals surface area contributed by atoms with E-state index >= 15 is 0 Å². The van der Waals surface area contributed by atoms with Crippen LogP contribution in [0, 0.1) is 6.92 Å². The summed E-state index contributed by atoms with van der Waals surface area (Å²) in [6.07, 6.45) is 1.44. The highest BCUT2D eigenvalue weighted by Crippen LogP contribution is 2.25. The molecule has 7 nitrogen and oxygen atoms in total. The molecule has 3 aromatic rings. The van der Waals surface area contributed by atoms with E-state index in [1.807, 2.05) is 6.92 Å². The summed E-state index contributed by atoms with van der Waals surface area (Å²) < 4.78 is 38.2. The number of carbonyl (C=O) groups excluding carboxylic acids is 1. The van der Waals surface area contributed by atoms with Gasteiger partial charge in [-0.2, -0.15) is 0 Å². The van der Waals surface area contributed by atoms with E-state index in [0.717, 1.165) is 5.56 Å². The molecule has 3 rings (SSSR count). The minimum Gasteiger partial charge on any atom is -0.462 e. The summed E-state index contributed by atoms with van der Waals surface area (Å²) in [7, 11) is -3.73. The highest BCUT2D eigenvalue weighted by molar-refractivity contribution is 7.92. The Kier molecular flexibility index (Phi) is 6.13. The zero-order chi connectivity index (χ0) is 20.9. The van der Waals surface area contributed by atoms with Crippen molar-refractivity contribution >= 4 is 21.7 Å². The second-order valence-corrected chi connectivity index (χ2v) is 7.83. The fourth-order valence-electron chi connectivity index (χ4n) is 2.48. The zero-order valence-electron chi connectivity index (χ0n) is 16.0. The highest BCUT2D eigenvalue weighted by Gasteiger charge is 2.14. The van der Waals surface area contributed by atoms with E-state index in [2.05, 4.69) is 9.71 Å². The smallest absolute Gasteiger partial charge is 0.338 e. The molecule has 0 amide bonds. The van der Waals surface area contributed by atoms with Gasteiger partial charge in [-0.1, -0.05) is 23.8 Å². The number of esters is 1. The number of ether oxygens (including phenoxy) is 2. The van der Waals surface area contributed by atoms with Crippen LogP contribution in [0.3, 0.4) is 0 Å². The first-order chi connectivity index (χ1) is 13.9. The monoisotopic (exact) mass is 412 g/mol. The number of hydrogen-bond acceptors (Lipinski definition) is 6. The van der Waals surface area contributed by atoms with E-state index in [9.17, 15) is 13.2 Å². The Hall–Kier alpha value is -3.39. The molecule has 0 aliphatic heterocycles. The molecule has 1 aromatic heterocycles. The number of pyridine rings is 1. The number of nitrogens with zero attached hydrogens (tertiary/aromatic N) is 1. The summed E-state index contributed by atoms with van der Waals surface area (Å²) in [5.41, 5.74) is 1.62. The molecular weight excluding hydrogens is 392 g/mol. The van der Waals surface area contributed by atoms with Crippen LogP contribution in [-0.2, 0) is 14.8 Å². The number of nitrogens with one attached hydrogen (secondary N) is 1. The number of anilines is 1. The van der Waals surface area contributed by atoms with Crippen LogP contribution in [0.15, 0.2) is 71.8 Å². The van der Waals surface area contributed by atoms with Gasteiger partial charge in [-0.25, -0.2) is 18.2 Å². The Labute approximate surface area is 169 Å². The summed E-state index contributed by atoms with van der Waals surface area (Å²) in [5.74, 6) is 0.0797. The molecule has 0 spiro atoms. The molecule has 0 aliphatic carbocycles.